The molecule has 0 aromatic heterocycles. The molecular weight excluding hydrogens is 324 g/mol. The molecule has 0 heteroatoms. The molecule has 2 aromatic rings. The number of rotatable bonds is 6. The first kappa shape index (κ1) is 18.8. The topological polar surface area (TPSA) is 0 Å². The molecule has 4 atom stereocenters. The maximum absolute atomic E-state index is 2.37. The van der Waals surface area contributed by atoms with Gasteiger partial charge >= 0.3 is 0 Å². The Morgan fingerprint density at radius 1 is 0.593 bits per heavy atom. The molecule has 2 aromatic carbocycles. The Labute approximate surface area is 166 Å². The first-order chi connectivity index (χ1) is 13.2. The van der Waals surface area contributed by atoms with Crippen LogP contribution in [0.1, 0.15) is 91.9 Å². The van der Waals surface area contributed by atoms with Crippen molar-refractivity contribution in [2.24, 2.45) is 11.8 Å². The second kappa shape index (κ2) is 8.63. The zero-order valence-electron chi connectivity index (χ0n) is 17.3. The third-order valence-corrected chi connectivity index (χ3v) is 7.40. The summed E-state index contributed by atoms with van der Waals surface area (Å²) >= 11 is 0. The lowest BCUT2D eigenvalue weighted by Crippen LogP contribution is -2.00. The monoisotopic (exact) mass is 360 g/mol. The van der Waals surface area contributed by atoms with E-state index in [4.69, 9.17) is 0 Å². The Kier molecular flexibility index (Phi) is 6.01. The van der Waals surface area contributed by atoms with Crippen molar-refractivity contribution in [1.82, 2.24) is 0 Å². The van der Waals surface area contributed by atoms with E-state index in [1.54, 1.807) is 11.1 Å². The highest BCUT2D eigenvalue weighted by Gasteiger charge is 2.28. The quantitative estimate of drug-likeness (QED) is 0.490. The van der Waals surface area contributed by atoms with Crippen LogP contribution in [0.5, 0.6) is 0 Å². The van der Waals surface area contributed by atoms with Gasteiger partial charge in [0.15, 0.2) is 0 Å². The van der Waals surface area contributed by atoms with Gasteiger partial charge < -0.3 is 0 Å². The van der Waals surface area contributed by atoms with Gasteiger partial charge in [-0.2, -0.15) is 0 Å². The van der Waals surface area contributed by atoms with Crippen molar-refractivity contribution < 1.29 is 0 Å². The molecule has 144 valence electrons. The molecule has 0 saturated heterocycles. The van der Waals surface area contributed by atoms with Crippen LogP contribution in [0.25, 0.3) is 0 Å². The van der Waals surface area contributed by atoms with Gasteiger partial charge in [-0.15, -0.1) is 0 Å². The molecule has 4 rings (SSSR count). The van der Waals surface area contributed by atoms with Gasteiger partial charge in [-0.05, 0) is 87.2 Å². The summed E-state index contributed by atoms with van der Waals surface area (Å²) in [5.41, 5.74) is 5.93. The molecule has 2 fully saturated rings. The van der Waals surface area contributed by atoms with Gasteiger partial charge in [-0.25, -0.2) is 0 Å². The third kappa shape index (κ3) is 4.84. The Balaban J connectivity index is 1.18. The Morgan fingerprint density at radius 2 is 1.00 bits per heavy atom. The minimum absolute atomic E-state index is 0.827. The fourth-order valence-electron chi connectivity index (χ4n) is 5.65. The molecule has 4 unspecified atom stereocenters. The van der Waals surface area contributed by atoms with Crippen LogP contribution in [0, 0.1) is 25.7 Å². The van der Waals surface area contributed by atoms with Crippen LogP contribution in [-0.2, 0) is 0 Å². The van der Waals surface area contributed by atoms with Crippen molar-refractivity contribution in [1.29, 1.82) is 0 Å². The van der Waals surface area contributed by atoms with Crippen LogP contribution in [0.4, 0.5) is 0 Å². The molecule has 2 saturated carbocycles. The summed E-state index contributed by atoms with van der Waals surface area (Å²) in [4.78, 5) is 0. The van der Waals surface area contributed by atoms with Gasteiger partial charge in [0.25, 0.3) is 0 Å². The standard InChI is InChI=1S/C27H36/c1-20-6-12-24(13-7-20)26-16-10-22(18-26)4-3-5-23-11-17-27(19-23)25-14-8-21(2)9-15-25/h6-9,12-15,22-23,26-27H,3-5,10-11,16-19H2,1-2H3. The van der Waals surface area contributed by atoms with E-state index in [9.17, 15) is 0 Å². The Morgan fingerprint density at radius 3 is 1.41 bits per heavy atom. The van der Waals surface area contributed by atoms with Crippen LogP contribution < -0.4 is 0 Å². The number of aryl methyl sites for hydroxylation is 2. The SMILES string of the molecule is Cc1ccc(C2CCC(CCCC3CCC(c4ccc(C)cc4)C3)C2)cc1. The predicted molar refractivity (Wildman–Crippen MR) is 116 cm³/mol. The van der Waals surface area contributed by atoms with E-state index in [0.29, 0.717) is 0 Å². The number of hydrogen-bond donors (Lipinski definition) is 0. The van der Waals surface area contributed by atoms with E-state index in [1.807, 2.05) is 0 Å². The van der Waals surface area contributed by atoms with Crippen LogP contribution >= 0.6 is 0 Å². The van der Waals surface area contributed by atoms with Crippen LogP contribution in [0.3, 0.4) is 0 Å². The Bertz CT molecular complexity index is 645. The summed E-state index contributed by atoms with van der Waals surface area (Å²) in [7, 11) is 0. The summed E-state index contributed by atoms with van der Waals surface area (Å²) < 4.78 is 0. The lowest BCUT2D eigenvalue weighted by molar-refractivity contribution is 0.411. The van der Waals surface area contributed by atoms with Crippen LogP contribution in [-0.4, -0.2) is 0 Å². The smallest absolute Gasteiger partial charge is 0.0159 e. The van der Waals surface area contributed by atoms with E-state index in [1.165, 1.54) is 68.9 Å². The molecule has 0 N–H and O–H groups in total. The molecule has 0 nitrogen and oxygen atoms in total. The highest BCUT2D eigenvalue weighted by molar-refractivity contribution is 5.26. The van der Waals surface area contributed by atoms with Crippen molar-refractivity contribution >= 4 is 0 Å². The first-order valence-corrected chi connectivity index (χ1v) is 11.3. The lowest BCUT2D eigenvalue weighted by Gasteiger charge is -2.15. The zero-order chi connectivity index (χ0) is 18.6. The molecule has 0 spiro atoms. The summed E-state index contributed by atoms with van der Waals surface area (Å²) in [6, 6.07) is 18.6. The van der Waals surface area contributed by atoms with E-state index in [-0.39, 0.29) is 0 Å². The van der Waals surface area contributed by atoms with Crippen molar-refractivity contribution in [2.75, 3.05) is 0 Å². The van der Waals surface area contributed by atoms with E-state index < -0.39 is 0 Å². The van der Waals surface area contributed by atoms with Gasteiger partial charge in [0.1, 0.15) is 0 Å². The average molecular weight is 361 g/mol. The normalized spacial score (nSPS) is 27.9. The van der Waals surface area contributed by atoms with Gasteiger partial charge in [0.05, 0.1) is 0 Å². The highest BCUT2D eigenvalue weighted by atomic mass is 14.3. The predicted octanol–water partition coefficient (Wildman–Crippen LogP) is 7.94. The minimum Gasteiger partial charge on any atom is -0.0590 e. The van der Waals surface area contributed by atoms with Gasteiger partial charge in [-0.1, -0.05) is 78.9 Å². The Hall–Kier alpha value is -1.56. The van der Waals surface area contributed by atoms with E-state index in [0.717, 1.165) is 23.7 Å². The fourth-order valence-corrected chi connectivity index (χ4v) is 5.65. The highest BCUT2D eigenvalue weighted by Crippen LogP contribution is 2.43. The third-order valence-electron chi connectivity index (χ3n) is 7.40. The molecular formula is C27H36. The van der Waals surface area contributed by atoms with Gasteiger partial charge in [0.2, 0.25) is 0 Å². The largest absolute Gasteiger partial charge is 0.0590 e. The summed E-state index contributed by atoms with van der Waals surface area (Å²) in [5.74, 6) is 3.61. The maximum atomic E-state index is 2.37. The van der Waals surface area contributed by atoms with Crippen molar-refractivity contribution in [3.05, 3.63) is 70.8 Å². The van der Waals surface area contributed by atoms with Crippen molar-refractivity contribution in [3.63, 3.8) is 0 Å². The molecule has 0 bridgehead atoms. The molecule has 0 heterocycles. The molecule has 2 aliphatic rings. The number of hydrogen-bond acceptors (Lipinski definition) is 0. The fraction of sp³-hybridized carbons (Fsp3) is 0.556. The van der Waals surface area contributed by atoms with Crippen molar-refractivity contribution in [2.45, 2.75) is 83.5 Å². The van der Waals surface area contributed by atoms with E-state index >= 15 is 0 Å². The molecule has 0 amide bonds. The molecule has 27 heavy (non-hydrogen) atoms. The minimum atomic E-state index is 0.827. The second-order valence-corrected chi connectivity index (χ2v) is 9.50. The second-order valence-electron chi connectivity index (χ2n) is 9.50. The zero-order valence-corrected chi connectivity index (χ0v) is 17.3. The van der Waals surface area contributed by atoms with Crippen molar-refractivity contribution in [3.8, 4) is 0 Å². The van der Waals surface area contributed by atoms with Crippen LogP contribution in [0.15, 0.2) is 48.5 Å². The van der Waals surface area contributed by atoms with Crippen LogP contribution in [0.2, 0.25) is 0 Å². The molecule has 0 aliphatic heterocycles. The summed E-state index contributed by atoms with van der Waals surface area (Å²) in [5, 5.41) is 0. The molecule has 2 aliphatic carbocycles. The molecule has 0 radical (unpaired) electrons. The maximum Gasteiger partial charge on any atom is -0.0159 e. The van der Waals surface area contributed by atoms with E-state index in [2.05, 4.69) is 62.4 Å². The lowest BCUT2D eigenvalue weighted by atomic mass is 9.91. The average Bonchev–Trinajstić information content (AvgIpc) is 3.33. The van der Waals surface area contributed by atoms with Gasteiger partial charge in [0, 0.05) is 0 Å². The summed E-state index contributed by atoms with van der Waals surface area (Å²) in [6.45, 7) is 4.38. The first-order valence-electron chi connectivity index (χ1n) is 11.3. The summed E-state index contributed by atoms with van der Waals surface area (Å²) in [6.07, 6.45) is 13.0. The number of benzene rings is 2. The van der Waals surface area contributed by atoms with Gasteiger partial charge in [-0.3, -0.25) is 0 Å².